The van der Waals surface area contributed by atoms with Gasteiger partial charge in [-0.3, -0.25) is 0 Å². The highest BCUT2D eigenvalue weighted by Gasteiger charge is 2.54. The van der Waals surface area contributed by atoms with Crippen LogP contribution in [0.5, 0.6) is 0 Å². The molecule has 6 atom stereocenters. The minimum absolute atomic E-state index is 0.0583. The summed E-state index contributed by atoms with van der Waals surface area (Å²) in [4.78, 5) is 0. The Labute approximate surface area is 122 Å². The molecule has 20 heavy (non-hydrogen) atoms. The van der Waals surface area contributed by atoms with Crippen molar-refractivity contribution >= 4 is 0 Å². The number of aliphatic hydroxyl groups excluding tert-OH is 2. The Kier molecular flexibility index (Phi) is 3.05. The minimum Gasteiger partial charge on any atom is -0.393 e. The zero-order valence-electron chi connectivity index (χ0n) is 12.6. The summed E-state index contributed by atoms with van der Waals surface area (Å²) in [5, 5.41) is 20.3. The van der Waals surface area contributed by atoms with Crippen molar-refractivity contribution in [1.29, 1.82) is 0 Å². The van der Waals surface area contributed by atoms with Crippen LogP contribution in [0.3, 0.4) is 0 Å². The maximum Gasteiger partial charge on any atom is 0.0596 e. The van der Waals surface area contributed by atoms with Gasteiger partial charge >= 0.3 is 0 Å². The molecule has 0 saturated heterocycles. The summed E-state index contributed by atoms with van der Waals surface area (Å²) >= 11 is 0. The normalized spacial score (nSPS) is 51.5. The summed E-state index contributed by atoms with van der Waals surface area (Å²) in [6, 6.07) is 0. The fourth-order valence-corrected chi connectivity index (χ4v) is 6.16. The first kappa shape index (κ1) is 13.3. The fraction of sp³-hybridized carbons (Fsp3) is 0.889. The van der Waals surface area contributed by atoms with Crippen molar-refractivity contribution in [3.63, 3.8) is 0 Å². The van der Waals surface area contributed by atoms with Crippen molar-refractivity contribution in [1.82, 2.24) is 0 Å². The standard InChI is InChI=1S/C18H28O2/c1-18-9-8-14-13-5-3-12(19)10-11(13)2-4-15(14)16(18)6-7-17(18)20/h12,14-17,19-20H,2-10H2,1H3/t12-,14+,15+,16-,17+,18-/m0/s1. The lowest BCUT2D eigenvalue weighted by Gasteiger charge is -2.51. The number of fused-ring (bicyclic) bond motifs is 4. The molecule has 0 bridgehead atoms. The van der Waals surface area contributed by atoms with E-state index < -0.39 is 0 Å². The van der Waals surface area contributed by atoms with Crippen LogP contribution >= 0.6 is 0 Å². The molecule has 4 aliphatic rings. The maximum absolute atomic E-state index is 10.4. The average molecular weight is 276 g/mol. The third kappa shape index (κ3) is 1.77. The first-order chi connectivity index (χ1) is 9.59. The van der Waals surface area contributed by atoms with E-state index in [-0.39, 0.29) is 17.6 Å². The molecule has 2 saturated carbocycles. The summed E-state index contributed by atoms with van der Waals surface area (Å²) < 4.78 is 0. The molecule has 0 radical (unpaired) electrons. The molecule has 0 spiro atoms. The molecule has 0 aromatic heterocycles. The van der Waals surface area contributed by atoms with Gasteiger partial charge < -0.3 is 10.2 Å². The van der Waals surface area contributed by atoms with E-state index >= 15 is 0 Å². The Morgan fingerprint density at radius 1 is 1.00 bits per heavy atom. The molecule has 112 valence electrons. The van der Waals surface area contributed by atoms with Gasteiger partial charge in [0.2, 0.25) is 0 Å². The highest BCUT2D eigenvalue weighted by atomic mass is 16.3. The second-order valence-electron chi connectivity index (χ2n) is 8.08. The summed E-state index contributed by atoms with van der Waals surface area (Å²) in [6.07, 6.45) is 10.2. The molecular formula is C18H28O2. The quantitative estimate of drug-likeness (QED) is 0.666. The van der Waals surface area contributed by atoms with Gasteiger partial charge in [0.1, 0.15) is 0 Å². The van der Waals surface area contributed by atoms with Crippen LogP contribution in [0.2, 0.25) is 0 Å². The molecule has 4 rings (SSSR count). The lowest BCUT2D eigenvalue weighted by atomic mass is 9.54. The average Bonchev–Trinajstić information content (AvgIpc) is 2.74. The van der Waals surface area contributed by atoms with Gasteiger partial charge in [0.25, 0.3) is 0 Å². The summed E-state index contributed by atoms with van der Waals surface area (Å²) in [7, 11) is 0. The highest BCUT2D eigenvalue weighted by molar-refractivity contribution is 5.27. The zero-order valence-corrected chi connectivity index (χ0v) is 12.6. The molecule has 0 unspecified atom stereocenters. The van der Waals surface area contributed by atoms with Crippen LogP contribution in [0.1, 0.15) is 64.7 Å². The van der Waals surface area contributed by atoms with Crippen molar-refractivity contribution in [3.05, 3.63) is 11.1 Å². The molecule has 4 aliphatic carbocycles. The minimum atomic E-state index is -0.0764. The van der Waals surface area contributed by atoms with E-state index in [1.165, 1.54) is 32.1 Å². The van der Waals surface area contributed by atoms with Crippen LogP contribution in [-0.4, -0.2) is 22.4 Å². The molecule has 0 aliphatic heterocycles. The highest BCUT2D eigenvalue weighted by Crippen LogP contribution is 2.61. The van der Waals surface area contributed by atoms with Crippen molar-refractivity contribution in [2.75, 3.05) is 0 Å². The van der Waals surface area contributed by atoms with Gasteiger partial charge in [-0.1, -0.05) is 18.1 Å². The van der Waals surface area contributed by atoms with Crippen molar-refractivity contribution in [3.8, 4) is 0 Å². The largest absolute Gasteiger partial charge is 0.393 e. The Hall–Kier alpha value is -0.340. The maximum atomic E-state index is 10.4. The summed E-state index contributed by atoms with van der Waals surface area (Å²) in [5.74, 6) is 2.35. The van der Waals surface area contributed by atoms with Gasteiger partial charge in [0, 0.05) is 0 Å². The third-order valence-corrected chi connectivity index (χ3v) is 7.30. The molecular weight excluding hydrogens is 248 g/mol. The van der Waals surface area contributed by atoms with E-state index in [0.717, 1.165) is 43.4 Å². The second kappa shape index (κ2) is 4.58. The van der Waals surface area contributed by atoms with E-state index in [9.17, 15) is 10.2 Å². The van der Waals surface area contributed by atoms with Gasteiger partial charge in [0.15, 0.2) is 0 Å². The van der Waals surface area contributed by atoms with E-state index in [4.69, 9.17) is 0 Å². The van der Waals surface area contributed by atoms with Gasteiger partial charge in [-0.25, -0.2) is 0 Å². The predicted octanol–water partition coefficient (Wildman–Crippen LogP) is 3.43. The predicted molar refractivity (Wildman–Crippen MR) is 79.2 cm³/mol. The molecule has 2 N–H and O–H groups in total. The molecule has 2 nitrogen and oxygen atoms in total. The van der Waals surface area contributed by atoms with Gasteiger partial charge in [-0.15, -0.1) is 0 Å². The third-order valence-electron chi connectivity index (χ3n) is 7.30. The van der Waals surface area contributed by atoms with Crippen LogP contribution in [0, 0.1) is 23.2 Å². The van der Waals surface area contributed by atoms with Gasteiger partial charge in [0.05, 0.1) is 12.2 Å². The Morgan fingerprint density at radius 3 is 2.70 bits per heavy atom. The Balaban J connectivity index is 1.64. The number of rotatable bonds is 0. The van der Waals surface area contributed by atoms with E-state index in [1.807, 2.05) is 0 Å². The second-order valence-corrected chi connectivity index (χ2v) is 8.08. The number of allylic oxidation sites excluding steroid dienone is 1. The van der Waals surface area contributed by atoms with Crippen LogP contribution < -0.4 is 0 Å². The van der Waals surface area contributed by atoms with E-state index in [1.54, 1.807) is 11.1 Å². The van der Waals surface area contributed by atoms with Crippen molar-refractivity contribution in [2.45, 2.75) is 76.9 Å². The van der Waals surface area contributed by atoms with Crippen LogP contribution in [0.15, 0.2) is 11.1 Å². The lowest BCUT2D eigenvalue weighted by Crippen LogP contribution is -2.45. The van der Waals surface area contributed by atoms with Crippen LogP contribution in [-0.2, 0) is 0 Å². The molecule has 0 amide bonds. The number of hydrogen-bond acceptors (Lipinski definition) is 2. The summed E-state index contributed by atoms with van der Waals surface area (Å²) in [6.45, 7) is 2.35. The molecule has 2 heteroatoms. The topological polar surface area (TPSA) is 40.5 Å². The number of aliphatic hydroxyl groups is 2. The SMILES string of the molecule is C[C@]12CC[C@@H]3C4=C(CC[C@H]3[C@@H]1CC[C@H]2O)C[C@@H](O)CC4. The Bertz CT molecular complexity index is 441. The van der Waals surface area contributed by atoms with E-state index in [0.29, 0.717) is 0 Å². The van der Waals surface area contributed by atoms with E-state index in [2.05, 4.69) is 6.92 Å². The summed E-state index contributed by atoms with van der Waals surface area (Å²) in [5.41, 5.74) is 3.54. The first-order valence-electron chi connectivity index (χ1n) is 8.66. The Morgan fingerprint density at radius 2 is 1.85 bits per heavy atom. The zero-order chi connectivity index (χ0) is 13.9. The van der Waals surface area contributed by atoms with Crippen LogP contribution in [0.4, 0.5) is 0 Å². The van der Waals surface area contributed by atoms with Crippen molar-refractivity contribution in [2.24, 2.45) is 23.2 Å². The van der Waals surface area contributed by atoms with Gasteiger partial charge in [-0.2, -0.15) is 0 Å². The molecule has 0 aromatic carbocycles. The molecule has 2 fully saturated rings. The van der Waals surface area contributed by atoms with Crippen molar-refractivity contribution < 1.29 is 10.2 Å². The van der Waals surface area contributed by atoms with Crippen LogP contribution in [0.25, 0.3) is 0 Å². The smallest absolute Gasteiger partial charge is 0.0596 e. The first-order valence-corrected chi connectivity index (χ1v) is 8.66. The number of hydrogen-bond donors (Lipinski definition) is 2. The molecule has 0 heterocycles. The fourth-order valence-electron chi connectivity index (χ4n) is 6.16. The monoisotopic (exact) mass is 276 g/mol. The van der Waals surface area contributed by atoms with Gasteiger partial charge in [-0.05, 0) is 81.0 Å². The molecule has 0 aromatic rings. The lowest BCUT2D eigenvalue weighted by molar-refractivity contribution is -0.0326.